The number of para-hydroxylation sites is 1. The van der Waals surface area contributed by atoms with Crippen LogP contribution in [0.25, 0.3) is 10.9 Å². The number of amides is 1. The number of nitrogens with zero attached hydrogens (tertiary/aromatic N) is 1. The second-order valence-electron chi connectivity index (χ2n) is 7.67. The molecule has 0 spiro atoms. The number of unbranched alkanes of at least 4 members (excludes halogenated alkanes) is 2. The maximum absolute atomic E-state index is 12.8. The Hall–Kier alpha value is -2.95. The van der Waals surface area contributed by atoms with Crippen LogP contribution in [-0.4, -0.2) is 31.2 Å². The number of ether oxygens (including phenoxy) is 2. The summed E-state index contributed by atoms with van der Waals surface area (Å²) in [6.07, 6.45) is 5.77. The predicted molar refractivity (Wildman–Crippen MR) is 121 cm³/mol. The zero-order valence-electron chi connectivity index (χ0n) is 18.4. The molecule has 0 saturated carbocycles. The van der Waals surface area contributed by atoms with E-state index in [1.807, 2.05) is 37.4 Å². The number of hydrogen-bond donors (Lipinski definition) is 1. The summed E-state index contributed by atoms with van der Waals surface area (Å²) in [7, 11) is 5.33. The second-order valence-corrected chi connectivity index (χ2v) is 7.67. The molecule has 1 N–H and O–H groups in total. The molecule has 0 bridgehead atoms. The van der Waals surface area contributed by atoms with Gasteiger partial charge in [-0.1, -0.05) is 38.0 Å². The van der Waals surface area contributed by atoms with Gasteiger partial charge in [0.1, 0.15) is 11.5 Å². The van der Waals surface area contributed by atoms with Crippen molar-refractivity contribution in [3.63, 3.8) is 0 Å². The Morgan fingerprint density at radius 3 is 2.43 bits per heavy atom. The largest absolute Gasteiger partial charge is 0.497 e. The maximum Gasteiger partial charge on any atom is 0.220 e. The summed E-state index contributed by atoms with van der Waals surface area (Å²) in [5.74, 6) is 1.40. The van der Waals surface area contributed by atoms with E-state index >= 15 is 0 Å². The van der Waals surface area contributed by atoms with Gasteiger partial charge in [0.15, 0.2) is 0 Å². The first kappa shape index (κ1) is 21.8. The molecule has 3 aromatic rings. The average Bonchev–Trinajstić information content (AvgIpc) is 3.11. The molecule has 30 heavy (non-hydrogen) atoms. The number of fused-ring (bicyclic) bond motifs is 1. The van der Waals surface area contributed by atoms with Crippen LogP contribution in [0.1, 0.15) is 49.7 Å². The molecule has 3 rings (SSSR count). The van der Waals surface area contributed by atoms with Gasteiger partial charge < -0.3 is 19.4 Å². The molecule has 5 nitrogen and oxygen atoms in total. The van der Waals surface area contributed by atoms with Crippen molar-refractivity contribution in [3.8, 4) is 11.5 Å². The van der Waals surface area contributed by atoms with Crippen molar-refractivity contribution in [3.05, 3.63) is 59.8 Å². The van der Waals surface area contributed by atoms with Crippen LogP contribution < -0.4 is 14.8 Å². The molecule has 0 fully saturated rings. The lowest BCUT2D eigenvalue weighted by Crippen LogP contribution is -2.26. The molecule has 160 valence electrons. The number of carbonyl (C=O) groups excluding carboxylic acids is 1. The molecule has 1 unspecified atom stereocenters. The molecule has 1 aromatic heterocycles. The third kappa shape index (κ3) is 4.96. The van der Waals surface area contributed by atoms with Gasteiger partial charge in [-0.25, -0.2) is 0 Å². The third-order valence-corrected chi connectivity index (χ3v) is 5.57. The Kier molecular flexibility index (Phi) is 7.39. The number of methoxy groups -OCH3 is 2. The number of aryl methyl sites for hydroxylation is 1. The van der Waals surface area contributed by atoms with Crippen molar-refractivity contribution < 1.29 is 14.3 Å². The standard InChI is InChI=1S/C25H32N2O3/c1-5-6-9-12-26-25(28)16-22(18-13-19(29-3)15-20(14-18)30-4)23-17-27(2)24-11-8-7-10-21(23)24/h7-8,10-11,13-15,17,22H,5-6,9,12,16H2,1-4H3,(H,26,28). The second kappa shape index (κ2) is 10.2. The maximum atomic E-state index is 12.8. The van der Waals surface area contributed by atoms with Gasteiger partial charge in [-0.3, -0.25) is 4.79 Å². The quantitative estimate of drug-likeness (QED) is 0.479. The van der Waals surface area contributed by atoms with Gasteiger partial charge in [0.25, 0.3) is 0 Å². The van der Waals surface area contributed by atoms with Crippen molar-refractivity contribution >= 4 is 16.8 Å². The minimum absolute atomic E-state index is 0.0609. The van der Waals surface area contributed by atoms with Crippen molar-refractivity contribution in [2.24, 2.45) is 7.05 Å². The molecule has 1 amide bonds. The van der Waals surface area contributed by atoms with E-state index in [0.717, 1.165) is 59.3 Å². The van der Waals surface area contributed by atoms with Gasteiger partial charge in [-0.15, -0.1) is 0 Å². The third-order valence-electron chi connectivity index (χ3n) is 5.57. The number of aromatic nitrogens is 1. The minimum atomic E-state index is -0.105. The first-order valence-electron chi connectivity index (χ1n) is 10.6. The topological polar surface area (TPSA) is 52.5 Å². The van der Waals surface area contributed by atoms with E-state index in [2.05, 4.69) is 35.1 Å². The summed E-state index contributed by atoms with van der Waals surface area (Å²) < 4.78 is 13.1. The first-order valence-corrected chi connectivity index (χ1v) is 10.6. The van der Waals surface area contributed by atoms with Gasteiger partial charge in [-0.2, -0.15) is 0 Å². The smallest absolute Gasteiger partial charge is 0.220 e. The van der Waals surface area contributed by atoms with Crippen molar-refractivity contribution in [2.75, 3.05) is 20.8 Å². The van der Waals surface area contributed by atoms with E-state index < -0.39 is 0 Å². The normalized spacial score (nSPS) is 12.0. The summed E-state index contributed by atoms with van der Waals surface area (Å²) in [5, 5.41) is 4.25. The highest BCUT2D eigenvalue weighted by Gasteiger charge is 2.23. The van der Waals surface area contributed by atoms with Crippen LogP contribution in [0, 0.1) is 0 Å². The number of nitrogens with one attached hydrogen (secondary N) is 1. The Morgan fingerprint density at radius 2 is 1.77 bits per heavy atom. The summed E-state index contributed by atoms with van der Waals surface area (Å²) in [6, 6.07) is 14.2. The Balaban J connectivity index is 2.00. The van der Waals surface area contributed by atoms with E-state index in [1.165, 1.54) is 0 Å². The molecular weight excluding hydrogens is 376 g/mol. The first-order chi connectivity index (χ1) is 14.6. The van der Waals surface area contributed by atoms with Crippen LogP contribution in [-0.2, 0) is 11.8 Å². The fraction of sp³-hybridized carbons (Fsp3) is 0.400. The molecule has 0 aliphatic heterocycles. The predicted octanol–water partition coefficient (Wildman–Crippen LogP) is 5.02. The van der Waals surface area contributed by atoms with Gasteiger partial charge in [-0.05, 0) is 35.7 Å². The van der Waals surface area contributed by atoms with E-state index in [9.17, 15) is 4.79 Å². The lowest BCUT2D eigenvalue weighted by Gasteiger charge is -2.19. The van der Waals surface area contributed by atoms with Crippen LogP contribution in [0.2, 0.25) is 0 Å². The molecule has 0 saturated heterocycles. The van der Waals surface area contributed by atoms with Gasteiger partial charge in [0.05, 0.1) is 14.2 Å². The summed E-state index contributed by atoms with van der Waals surface area (Å²) in [6.45, 7) is 2.88. The number of benzene rings is 2. The molecule has 0 radical (unpaired) electrons. The fourth-order valence-corrected chi connectivity index (χ4v) is 3.95. The Bertz CT molecular complexity index is 971. The lowest BCUT2D eigenvalue weighted by molar-refractivity contribution is -0.121. The minimum Gasteiger partial charge on any atom is -0.497 e. The Morgan fingerprint density at radius 1 is 1.07 bits per heavy atom. The highest BCUT2D eigenvalue weighted by atomic mass is 16.5. The molecular formula is C25H32N2O3. The monoisotopic (exact) mass is 408 g/mol. The van der Waals surface area contributed by atoms with Crippen LogP contribution in [0.3, 0.4) is 0 Å². The van der Waals surface area contributed by atoms with Crippen LogP contribution in [0.5, 0.6) is 11.5 Å². The van der Waals surface area contributed by atoms with Crippen molar-refractivity contribution in [1.29, 1.82) is 0 Å². The fourth-order valence-electron chi connectivity index (χ4n) is 3.95. The van der Waals surface area contributed by atoms with Gasteiger partial charge in [0, 0.05) is 49.1 Å². The highest BCUT2D eigenvalue weighted by Crippen LogP contribution is 2.37. The molecule has 0 aliphatic rings. The molecule has 2 aromatic carbocycles. The number of rotatable bonds is 10. The van der Waals surface area contributed by atoms with Crippen LogP contribution in [0.4, 0.5) is 0 Å². The van der Waals surface area contributed by atoms with Crippen LogP contribution >= 0.6 is 0 Å². The Labute approximate surface area is 179 Å². The zero-order valence-corrected chi connectivity index (χ0v) is 18.4. The number of hydrogen-bond acceptors (Lipinski definition) is 3. The lowest BCUT2D eigenvalue weighted by atomic mass is 9.87. The van der Waals surface area contributed by atoms with Gasteiger partial charge in [0.2, 0.25) is 5.91 Å². The van der Waals surface area contributed by atoms with Crippen molar-refractivity contribution in [1.82, 2.24) is 9.88 Å². The average molecular weight is 409 g/mol. The number of carbonyl (C=O) groups is 1. The molecule has 0 aliphatic carbocycles. The zero-order chi connectivity index (χ0) is 21.5. The van der Waals surface area contributed by atoms with E-state index in [4.69, 9.17) is 9.47 Å². The summed E-state index contributed by atoms with van der Waals surface area (Å²) in [4.78, 5) is 12.8. The summed E-state index contributed by atoms with van der Waals surface area (Å²) >= 11 is 0. The van der Waals surface area contributed by atoms with Crippen molar-refractivity contribution in [2.45, 2.75) is 38.5 Å². The SMILES string of the molecule is CCCCCNC(=O)CC(c1cc(OC)cc(OC)c1)c1cn(C)c2ccccc12. The van der Waals surface area contributed by atoms with Crippen LogP contribution in [0.15, 0.2) is 48.7 Å². The molecule has 1 atom stereocenters. The van der Waals surface area contributed by atoms with E-state index in [-0.39, 0.29) is 11.8 Å². The summed E-state index contributed by atoms with van der Waals surface area (Å²) in [5.41, 5.74) is 3.29. The van der Waals surface area contributed by atoms with E-state index in [0.29, 0.717) is 6.42 Å². The molecule has 5 heteroatoms. The molecule has 1 heterocycles. The highest BCUT2D eigenvalue weighted by molar-refractivity contribution is 5.86. The van der Waals surface area contributed by atoms with Gasteiger partial charge >= 0.3 is 0 Å². The van der Waals surface area contributed by atoms with E-state index in [1.54, 1.807) is 14.2 Å².